The summed E-state index contributed by atoms with van der Waals surface area (Å²) < 4.78 is 11.7. The third-order valence-electron chi connectivity index (χ3n) is 10.5. The van der Waals surface area contributed by atoms with Gasteiger partial charge in [0.15, 0.2) is 6.10 Å². The van der Waals surface area contributed by atoms with Crippen LogP contribution >= 0.6 is 11.6 Å². The Labute approximate surface area is 298 Å². The van der Waals surface area contributed by atoms with E-state index < -0.39 is 12.1 Å². The lowest BCUT2D eigenvalue weighted by molar-refractivity contribution is -0.130. The number of carbonyl (C=O) groups is 1. The Morgan fingerprint density at radius 3 is 2.72 bits per heavy atom. The lowest BCUT2D eigenvalue weighted by Gasteiger charge is -2.43. The predicted octanol–water partition coefficient (Wildman–Crippen LogP) is 3.11. The number of ether oxygens (including phenoxy) is 2. The van der Waals surface area contributed by atoms with Crippen LogP contribution in [0.3, 0.4) is 0 Å². The molecule has 1 amide bonds. The minimum Gasteiger partial charge on any atom is -0.462 e. The molecule has 264 valence electrons. The molecule has 50 heavy (non-hydrogen) atoms. The SMILES string of the molecule is CN1CCC[C@H]1COc1nc2c(c(N3CCN(C(=O)/C=C/CN4CCOCC4)[C@@H]([C@@H](O)C#N)C3)n1)CCN(c1cccc3cccc(Cl)c13)C2. The molecule has 1 N–H and O–H groups in total. The van der Waals surface area contributed by atoms with Crippen LogP contribution in [-0.2, 0) is 22.5 Å². The van der Waals surface area contributed by atoms with Crippen molar-refractivity contribution in [3.8, 4) is 12.1 Å². The number of morpholine rings is 1. The molecule has 0 unspecified atom stereocenters. The second-order valence-electron chi connectivity index (χ2n) is 13.6. The molecule has 0 saturated carbocycles. The highest BCUT2D eigenvalue weighted by Gasteiger charge is 2.37. The molecule has 3 atom stereocenters. The molecule has 0 aliphatic carbocycles. The van der Waals surface area contributed by atoms with Crippen LogP contribution in [0.25, 0.3) is 10.8 Å². The first-order chi connectivity index (χ1) is 24.4. The monoisotopic (exact) mass is 700 g/mol. The molecule has 5 heterocycles. The lowest BCUT2D eigenvalue weighted by atomic mass is 10.0. The number of likely N-dealkylation sites (tertiary alicyclic amines) is 1. The maximum absolute atomic E-state index is 13.4. The molecule has 3 fully saturated rings. The average Bonchev–Trinajstić information content (AvgIpc) is 3.57. The molecule has 4 aliphatic rings. The number of likely N-dealkylation sites (N-methyl/N-ethyl adjacent to an activating group) is 1. The van der Waals surface area contributed by atoms with Gasteiger partial charge in [0.05, 0.1) is 42.6 Å². The standard InChI is InChI=1S/C37H45ClN8O4/c1-42-13-4-8-27(42)25-50-37-40-30-23-44(31-10-3-7-26-6-2-9-29(38)35(26)31)15-12-28(30)36(41-37)45-16-17-46(32(24-45)33(47)22-39)34(48)11-5-14-43-18-20-49-21-19-43/h2-3,5-7,9-11,27,32-33,47H,4,8,12-21,23-25H2,1H3/b11-5+/t27-,32+,33-/m0/s1. The van der Waals surface area contributed by atoms with Gasteiger partial charge in [-0.05, 0) is 50.4 Å². The summed E-state index contributed by atoms with van der Waals surface area (Å²) >= 11 is 6.73. The number of fused-ring (bicyclic) bond motifs is 2. The van der Waals surface area contributed by atoms with Gasteiger partial charge in [-0.3, -0.25) is 9.69 Å². The van der Waals surface area contributed by atoms with E-state index in [1.165, 1.54) is 0 Å². The fourth-order valence-electron chi connectivity index (χ4n) is 7.63. The number of hydrogen-bond donors (Lipinski definition) is 1. The zero-order valence-electron chi connectivity index (χ0n) is 28.6. The zero-order chi connectivity index (χ0) is 34.6. The highest BCUT2D eigenvalue weighted by Crippen LogP contribution is 2.37. The molecule has 3 aromatic rings. The van der Waals surface area contributed by atoms with Crippen LogP contribution in [-0.4, -0.2) is 133 Å². The number of piperazine rings is 1. The fraction of sp³-hybridized carbons (Fsp3) is 0.514. The van der Waals surface area contributed by atoms with Crippen molar-refractivity contribution in [3.63, 3.8) is 0 Å². The quantitative estimate of drug-likeness (QED) is 0.262. The van der Waals surface area contributed by atoms with E-state index in [4.69, 9.17) is 31.0 Å². The minimum atomic E-state index is -1.35. The van der Waals surface area contributed by atoms with Gasteiger partial charge >= 0.3 is 6.01 Å². The Morgan fingerprint density at radius 2 is 1.94 bits per heavy atom. The number of aliphatic hydroxyl groups is 1. The van der Waals surface area contributed by atoms with Gasteiger partial charge in [0.25, 0.3) is 0 Å². The van der Waals surface area contributed by atoms with E-state index in [0.717, 1.165) is 72.6 Å². The first-order valence-electron chi connectivity index (χ1n) is 17.6. The first kappa shape index (κ1) is 34.5. The van der Waals surface area contributed by atoms with E-state index in [0.29, 0.717) is 69.5 Å². The summed E-state index contributed by atoms with van der Waals surface area (Å²) in [4.78, 5) is 33.9. The van der Waals surface area contributed by atoms with E-state index >= 15 is 0 Å². The van der Waals surface area contributed by atoms with Gasteiger partial charge in [0.2, 0.25) is 5.91 Å². The van der Waals surface area contributed by atoms with Crippen LogP contribution in [0.2, 0.25) is 5.02 Å². The summed E-state index contributed by atoms with van der Waals surface area (Å²) in [5.74, 6) is 0.529. The summed E-state index contributed by atoms with van der Waals surface area (Å²) in [7, 11) is 2.12. The predicted molar refractivity (Wildman–Crippen MR) is 193 cm³/mol. The highest BCUT2D eigenvalue weighted by molar-refractivity contribution is 6.36. The summed E-state index contributed by atoms with van der Waals surface area (Å²) in [6.45, 7) is 7.58. The topological polar surface area (TPSA) is 122 Å². The number of halogens is 1. The number of aromatic nitrogens is 2. The molecular formula is C37H45ClN8O4. The number of nitrogens with zero attached hydrogens (tertiary/aromatic N) is 8. The maximum atomic E-state index is 13.4. The first-order valence-corrected chi connectivity index (χ1v) is 18.0. The molecule has 4 aliphatic heterocycles. The second-order valence-corrected chi connectivity index (χ2v) is 14.0. The Morgan fingerprint density at radius 1 is 1.12 bits per heavy atom. The van der Waals surface area contributed by atoms with Crippen molar-refractivity contribution in [2.75, 3.05) is 89.0 Å². The molecule has 0 spiro atoms. The second kappa shape index (κ2) is 15.5. The van der Waals surface area contributed by atoms with Crippen LogP contribution in [0, 0.1) is 11.3 Å². The molecule has 13 heteroatoms. The molecule has 0 radical (unpaired) electrons. The van der Waals surface area contributed by atoms with Gasteiger partial charge in [-0.1, -0.05) is 41.9 Å². The van der Waals surface area contributed by atoms with Crippen molar-refractivity contribution in [3.05, 3.63) is 64.8 Å². The van der Waals surface area contributed by atoms with E-state index in [1.807, 2.05) is 24.3 Å². The number of aliphatic hydroxyl groups excluding tert-OH is 1. The van der Waals surface area contributed by atoms with Crippen molar-refractivity contribution in [2.24, 2.45) is 0 Å². The van der Waals surface area contributed by atoms with Crippen molar-refractivity contribution in [1.29, 1.82) is 5.26 Å². The normalized spacial score (nSPS) is 22.6. The Hall–Kier alpha value is -3.99. The van der Waals surface area contributed by atoms with Crippen molar-refractivity contribution < 1.29 is 19.4 Å². The van der Waals surface area contributed by atoms with Gasteiger partial charge in [0.1, 0.15) is 12.4 Å². The maximum Gasteiger partial charge on any atom is 0.318 e. The zero-order valence-corrected chi connectivity index (χ0v) is 29.3. The summed E-state index contributed by atoms with van der Waals surface area (Å²) in [5, 5.41) is 23.5. The minimum absolute atomic E-state index is 0.212. The number of rotatable bonds is 9. The molecular weight excluding hydrogens is 656 g/mol. The molecule has 12 nitrogen and oxygen atoms in total. The molecule has 0 bridgehead atoms. The Balaban J connectivity index is 1.15. The number of benzene rings is 2. The molecule has 7 rings (SSSR count). The van der Waals surface area contributed by atoms with Crippen LogP contribution in [0.5, 0.6) is 6.01 Å². The third-order valence-corrected chi connectivity index (χ3v) is 10.8. The number of carbonyl (C=O) groups excluding carboxylic acids is 1. The summed E-state index contributed by atoms with van der Waals surface area (Å²) in [6, 6.07) is 14.1. The van der Waals surface area contributed by atoms with E-state index in [9.17, 15) is 15.2 Å². The Bertz CT molecular complexity index is 1760. The van der Waals surface area contributed by atoms with Gasteiger partial charge in [0, 0.05) is 74.6 Å². The number of amides is 1. The van der Waals surface area contributed by atoms with E-state index in [-0.39, 0.29) is 12.5 Å². The van der Waals surface area contributed by atoms with Crippen molar-refractivity contribution in [2.45, 2.75) is 44.0 Å². The van der Waals surface area contributed by atoms with Gasteiger partial charge in [-0.15, -0.1) is 0 Å². The number of anilines is 2. The number of nitriles is 1. The van der Waals surface area contributed by atoms with Crippen molar-refractivity contribution in [1.82, 2.24) is 24.7 Å². The number of hydrogen-bond acceptors (Lipinski definition) is 11. The Kier molecular flexibility index (Phi) is 10.7. The molecule has 1 aromatic heterocycles. The van der Waals surface area contributed by atoms with E-state index in [1.54, 1.807) is 11.0 Å². The van der Waals surface area contributed by atoms with Crippen molar-refractivity contribution >= 4 is 39.8 Å². The smallest absolute Gasteiger partial charge is 0.318 e. The van der Waals surface area contributed by atoms with Gasteiger partial charge < -0.3 is 34.2 Å². The highest BCUT2D eigenvalue weighted by atomic mass is 35.5. The lowest BCUT2D eigenvalue weighted by Crippen LogP contribution is -2.59. The average molecular weight is 701 g/mol. The third kappa shape index (κ3) is 7.38. The largest absolute Gasteiger partial charge is 0.462 e. The van der Waals surface area contributed by atoms with Crippen LogP contribution in [0.15, 0.2) is 48.6 Å². The van der Waals surface area contributed by atoms with Crippen LogP contribution < -0.4 is 14.5 Å². The van der Waals surface area contributed by atoms with Gasteiger partial charge in [-0.25, -0.2) is 0 Å². The molecule has 2 aromatic carbocycles. The van der Waals surface area contributed by atoms with Crippen LogP contribution in [0.4, 0.5) is 11.5 Å². The summed E-state index contributed by atoms with van der Waals surface area (Å²) in [6.07, 6.45) is 4.95. The molecule has 3 saturated heterocycles. The van der Waals surface area contributed by atoms with Gasteiger partial charge in [-0.2, -0.15) is 15.2 Å². The van der Waals surface area contributed by atoms with Crippen LogP contribution in [0.1, 0.15) is 24.1 Å². The van der Waals surface area contributed by atoms with E-state index in [2.05, 4.69) is 50.9 Å². The summed E-state index contributed by atoms with van der Waals surface area (Å²) in [5.41, 5.74) is 2.95. The fourth-order valence-corrected chi connectivity index (χ4v) is 7.91.